The van der Waals surface area contributed by atoms with Gasteiger partial charge in [-0.15, -0.1) is 0 Å². The van der Waals surface area contributed by atoms with Crippen LogP contribution >= 0.6 is 19.6 Å². The van der Waals surface area contributed by atoms with E-state index in [2.05, 4.69) is 11.4 Å². The Kier molecular flexibility index (Phi) is 18.8. The zero-order valence-corrected chi connectivity index (χ0v) is 19.3. The molecule has 0 saturated carbocycles. The average Bonchev–Trinajstić information content (AvgIpc) is 2.66. The monoisotopic (exact) mass is 441 g/mol. The summed E-state index contributed by atoms with van der Waals surface area (Å²) in [4.78, 5) is 30.4. The zero-order valence-electron chi connectivity index (χ0n) is 17.6. The number of thioether (sulfide) groups is 1. The number of carbonyl (C=O) groups is 1. The van der Waals surface area contributed by atoms with Crippen LogP contribution in [0.4, 0.5) is 0 Å². The number of unbranched alkanes of at least 4 members (excludes halogenated alkanes) is 9. The van der Waals surface area contributed by atoms with Gasteiger partial charge in [-0.1, -0.05) is 64.7 Å². The molecule has 0 spiro atoms. The zero-order chi connectivity index (χ0) is 21.1. The van der Waals surface area contributed by atoms with E-state index in [1.165, 1.54) is 58.5 Å². The number of methoxy groups -OCH3 is 1. The third kappa shape index (κ3) is 19.2. The quantitative estimate of drug-likeness (QED) is 0.156. The third-order valence-electron chi connectivity index (χ3n) is 4.54. The Bertz CT molecular complexity index is 410. The fraction of sp³-hybridized carbons (Fsp3) is 0.947. The summed E-state index contributed by atoms with van der Waals surface area (Å²) in [5, 5.41) is 0. The van der Waals surface area contributed by atoms with Crippen molar-refractivity contribution in [1.82, 2.24) is 4.90 Å². The molecule has 0 fully saturated rings. The third-order valence-corrected chi connectivity index (χ3v) is 6.10. The molecule has 9 heteroatoms. The Balaban J connectivity index is 3.62. The minimum Gasteiger partial charge on any atom is -0.378 e. The molecule has 0 rings (SSSR count). The molecule has 0 aromatic heterocycles. The van der Waals surface area contributed by atoms with Crippen molar-refractivity contribution in [1.29, 1.82) is 0 Å². The van der Waals surface area contributed by atoms with Crippen LogP contribution < -0.4 is 0 Å². The highest BCUT2D eigenvalue weighted by Crippen LogP contribution is 2.36. The predicted molar refractivity (Wildman–Crippen MR) is 116 cm³/mol. The van der Waals surface area contributed by atoms with Crippen LogP contribution in [0.25, 0.3) is 0 Å². The van der Waals surface area contributed by atoms with Gasteiger partial charge in [0.2, 0.25) is 6.41 Å². The molecule has 1 amide bonds. The molecule has 168 valence electrons. The van der Waals surface area contributed by atoms with Crippen LogP contribution in [0.2, 0.25) is 0 Å². The molecule has 0 aliphatic rings. The maximum atomic E-state index is 11.2. The van der Waals surface area contributed by atoms with E-state index in [9.17, 15) is 9.36 Å². The lowest BCUT2D eigenvalue weighted by molar-refractivity contribution is -0.118. The molecule has 28 heavy (non-hydrogen) atoms. The number of hydrogen-bond acceptors (Lipinski definition) is 5. The molecule has 0 aromatic rings. The van der Waals surface area contributed by atoms with Crippen LogP contribution in [-0.4, -0.2) is 65.5 Å². The van der Waals surface area contributed by atoms with Crippen LogP contribution in [0, 0.1) is 0 Å². The number of amides is 1. The average molecular weight is 442 g/mol. The lowest BCUT2D eigenvalue weighted by Gasteiger charge is -2.18. The minimum atomic E-state index is -4.47. The molecule has 0 bridgehead atoms. The van der Waals surface area contributed by atoms with Crippen LogP contribution in [0.3, 0.4) is 0 Å². The number of phosphoric ester groups is 1. The highest BCUT2D eigenvalue weighted by molar-refractivity contribution is 7.99. The van der Waals surface area contributed by atoms with E-state index in [0.717, 1.165) is 31.5 Å². The Labute approximate surface area is 175 Å². The van der Waals surface area contributed by atoms with Crippen molar-refractivity contribution in [3.8, 4) is 0 Å². The second-order valence-corrected chi connectivity index (χ2v) is 9.43. The van der Waals surface area contributed by atoms with Crippen molar-refractivity contribution < 1.29 is 28.4 Å². The van der Waals surface area contributed by atoms with Crippen molar-refractivity contribution in [2.24, 2.45) is 0 Å². The van der Waals surface area contributed by atoms with Crippen LogP contribution in [0.5, 0.6) is 0 Å². The first-order valence-corrected chi connectivity index (χ1v) is 13.1. The van der Waals surface area contributed by atoms with Crippen molar-refractivity contribution in [2.75, 3.05) is 38.3 Å². The van der Waals surface area contributed by atoms with E-state index in [1.807, 2.05) is 0 Å². The number of carbonyl (C=O) groups excluding carboxylic acids is 1. The molecule has 0 aliphatic carbocycles. The van der Waals surface area contributed by atoms with Gasteiger partial charge < -0.3 is 19.4 Å². The summed E-state index contributed by atoms with van der Waals surface area (Å²) in [7, 11) is -2.98. The molecule has 2 N–H and O–H groups in total. The molecule has 0 radical (unpaired) electrons. The highest BCUT2D eigenvalue weighted by Gasteiger charge is 2.18. The van der Waals surface area contributed by atoms with Gasteiger partial charge in [-0.05, 0) is 6.42 Å². The standard InChI is InChI=1S/C19H40NO6PS/c1-3-4-5-6-7-8-9-10-11-12-13-20(18-21)14-15-28-17-19(25-2)16-26-27(22,23)24/h18-19H,3-17H2,1-2H3,(H2,22,23,24). The van der Waals surface area contributed by atoms with Crippen molar-refractivity contribution >= 4 is 26.0 Å². The molecular formula is C19H40NO6PS. The first kappa shape index (κ1) is 27.9. The first-order valence-electron chi connectivity index (χ1n) is 10.4. The van der Waals surface area contributed by atoms with Crippen molar-refractivity contribution in [3.05, 3.63) is 0 Å². The summed E-state index contributed by atoms with van der Waals surface area (Å²) in [6.45, 7) is 3.55. The summed E-state index contributed by atoms with van der Waals surface area (Å²) in [5.41, 5.74) is 0. The van der Waals surface area contributed by atoms with E-state index < -0.39 is 7.82 Å². The van der Waals surface area contributed by atoms with E-state index in [1.54, 1.807) is 16.7 Å². The fourth-order valence-corrected chi connectivity index (χ4v) is 4.17. The lowest BCUT2D eigenvalue weighted by atomic mass is 10.1. The number of ether oxygens (including phenoxy) is 1. The Morgan fingerprint density at radius 2 is 1.57 bits per heavy atom. The Morgan fingerprint density at radius 1 is 1.00 bits per heavy atom. The fourth-order valence-electron chi connectivity index (χ4n) is 2.78. The first-order chi connectivity index (χ1) is 13.4. The second kappa shape index (κ2) is 18.9. The Hall–Kier alpha value is -0.110. The van der Waals surface area contributed by atoms with Gasteiger partial charge in [0, 0.05) is 31.7 Å². The smallest absolute Gasteiger partial charge is 0.378 e. The highest BCUT2D eigenvalue weighted by atomic mass is 32.2. The van der Waals surface area contributed by atoms with E-state index in [0.29, 0.717) is 12.3 Å². The van der Waals surface area contributed by atoms with Gasteiger partial charge in [-0.25, -0.2) is 4.57 Å². The summed E-state index contributed by atoms with van der Waals surface area (Å²) in [6, 6.07) is 0. The number of rotatable bonds is 21. The minimum absolute atomic E-state index is 0.149. The molecule has 1 atom stereocenters. The van der Waals surface area contributed by atoms with Crippen molar-refractivity contribution in [2.45, 2.75) is 77.2 Å². The largest absolute Gasteiger partial charge is 0.469 e. The van der Waals surface area contributed by atoms with Gasteiger partial charge in [-0.3, -0.25) is 9.32 Å². The topological polar surface area (TPSA) is 96.3 Å². The van der Waals surface area contributed by atoms with Crippen LogP contribution in [0.1, 0.15) is 71.1 Å². The van der Waals surface area contributed by atoms with Crippen molar-refractivity contribution in [3.63, 3.8) is 0 Å². The summed E-state index contributed by atoms with van der Waals surface area (Å²) < 4.78 is 20.3. The van der Waals surface area contributed by atoms with Gasteiger partial charge in [-0.2, -0.15) is 11.8 Å². The molecule has 0 saturated heterocycles. The number of hydrogen-bond donors (Lipinski definition) is 2. The summed E-state index contributed by atoms with van der Waals surface area (Å²) >= 11 is 1.58. The SMILES string of the molecule is CCCCCCCCCCCCN(C=O)CCSCC(COP(=O)(O)O)OC. The normalized spacial score (nSPS) is 12.9. The van der Waals surface area contributed by atoms with Crippen LogP contribution in [0.15, 0.2) is 0 Å². The van der Waals surface area contributed by atoms with Gasteiger partial charge in [0.05, 0.1) is 12.7 Å². The molecule has 7 nitrogen and oxygen atoms in total. The molecule has 0 aliphatic heterocycles. The van der Waals surface area contributed by atoms with E-state index in [4.69, 9.17) is 14.5 Å². The van der Waals surface area contributed by atoms with Gasteiger partial charge >= 0.3 is 7.82 Å². The predicted octanol–water partition coefficient (Wildman–Crippen LogP) is 4.22. The van der Waals surface area contributed by atoms with E-state index >= 15 is 0 Å². The second-order valence-electron chi connectivity index (χ2n) is 7.04. The molecule has 0 aromatic carbocycles. The maximum Gasteiger partial charge on any atom is 0.469 e. The number of nitrogens with zero attached hydrogens (tertiary/aromatic N) is 1. The lowest BCUT2D eigenvalue weighted by Crippen LogP contribution is -2.27. The molecular weight excluding hydrogens is 401 g/mol. The van der Waals surface area contributed by atoms with Crippen LogP contribution in [-0.2, 0) is 18.6 Å². The van der Waals surface area contributed by atoms with Gasteiger partial charge in [0.1, 0.15) is 0 Å². The molecule has 1 unspecified atom stereocenters. The number of phosphoric acid groups is 1. The van der Waals surface area contributed by atoms with E-state index in [-0.39, 0.29) is 12.7 Å². The maximum absolute atomic E-state index is 11.2. The molecule has 0 heterocycles. The summed E-state index contributed by atoms with van der Waals surface area (Å²) in [5.74, 6) is 1.31. The van der Waals surface area contributed by atoms with Gasteiger partial charge in [0.15, 0.2) is 0 Å². The summed E-state index contributed by atoms with van der Waals surface area (Å²) in [6.07, 6.45) is 13.3. The van der Waals surface area contributed by atoms with Gasteiger partial charge in [0.25, 0.3) is 0 Å². The Morgan fingerprint density at radius 3 is 2.07 bits per heavy atom.